The molecule has 0 spiro atoms. The fourth-order valence-electron chi connectivity index (χ4n) is 1.85. The van der Waals surface area contributed by atoms with Gasteiger partial charge in [0.15, 0.2) is 0 Å². The molecule has 0 radical (unpaired) electrons. The Bertz CT molecular complexity index is 658. The van der Waals surface area contributed by atoms with E-state index in [2.05, 4.69) is 30.5 Å². The van der Waals surface area contributed by atoms with Gasteiger partial charge in [-0.05, 0) is 24.6 Å². The van der Waals surface area contributed by atoms with Crippen molar-refractivity contribution in [3.05, 3.63) is 57.8 Å². The molecule has 96 valence electrons. The molecule has 0 aliphatic heterocycles. The van der Waals surface area contributed by atoms with Gasteiger partial charge in [0.25, 0.3) is 0 Å². The number of aryl methyl sites for hydroxylation is 1. The first-order valence-electron chi connectivity index (χ1n) is 6.00. The molecule has 0 unspecified atom stereocenters. The fourth-order valence-corrected chi connectivity index (χ4v) is 2.46. The van der Waals surface area contributed by atoms with Gasteiger partial charge in [0.1, 0.15) is 11.6 Å². The summed E-state index contributed by atoms with van der Waals surface area (Å²) in [5, 5.41) is 11.5. The largest absolute Gasteiger partial charge is 0.328 e. The van der Waals surface area contributed by atoms with Crippen LogP contribution in [0.15, 0.2) is 29.9 Å². The van der Waals surface area contributed by atoms with E-state index in [9.17, 15) is 0 Å². The summed E-state index contributed by atoms with van der Waals surface area (Å²) in [5.41, 5.74) is 2.20. The van der Waals surface area contributed by atoms with E-state index in [0.29, 0.717) is 6.42 Å². The van der Waals surface area contributed by atoms with Crippen molar-refractivity contribution in [1.29, 1.82) is 0 Å². The Labute approximate surface area is 114 Å². The van der Waals surface area contributed by atoms with Crippen LogP contribution in [-0.4, -0.2) is 25.1 Å². The van der Waals surface area contributed by atoms with Crippen molar-refractivity contribution in [2.24, 2.45) is 0 Å². The SMILES string of the molecule is Cc1nc(Cc2nnc(Cc3ccncc3)[nH]2)cs1. The number of nitrogens with zero attached hydrogens (tertiary/aromatic N) is 4. The van der Waals surface area contributed by atoms with Crippen LogP contribution < -0.4 is 0 Å². The van der Waals surface area contributed by atoms with Crippen molar-refractivity contribution in [2.75, 3.05) is 0 Å². The highest BCUT2D eigenvalue weighted by molar-refractivity contribution is 7.09. The molecule has 3 aromatic heterocycles. The molecule has 3 heterocycles. The first kappa shape index (κ1) is 12.0. The number of aromatic nitrogens is 5. The van der Waals surface area contributed by atoms with Gasteiger partial charge < -0.3 is 4.98 Å². The fraction of sp³-hybridized carbons (Fsp3) is 0.231. The van der Waals surface area contributed by atoms with Crippen LogP contribution >= 0.6 is 11.3 Å². The van der Waals surface area contributed by atoms with Gasteiger partial charge in [0, 0.05) is 24.2 Å². The minimum absolute atomic E-state index is 0.702. The molecule has 0 aliphatic carbocycles. The van der Waals surface area contributed by atoms with Gasteiger partial charge in [-0.2, -0.15) is 0 Å². The van der Waals surface area contributed by atoms with E-state index in [-0.39, 0.29) is 0 Å². The zero-order valence-corrected chi connectivity index (χ0v) is 11.3. The highest BCUT2D eigenvalue weighted by Crippen LogP contribution is 2.11. The second-order valence-electron chi connectivity index (χ2n) is 4.29. The number of thiazole rings is 1. The average Bonchev–Trinajstić information content (AvgIpc) is 3.01. The van der Waals surface area contributed by atoms with Crippen LogP contribution in [0, 0.1) is 6.92 Å². The molecule has 3 rings (SSSR count). The number of pyridine rings is 1. The second-order valence-corrected chi connectivity index (χ2v) is 5.35. The van der Waals surface area contributed by atoms with Gasteiger partial charge in [-0.15, -0.1) is 21.5 Å². The molecule has 0 atom stereocenters. The first-order valence-corrected chi connectivity index (χ1v) is 6.88. The third kappa shape index (κ3) is 3.03. The van der Waals surface area contributed by atoms with Gasteiger partial charge in [0.05, 0.1) is 17.1 Å². The highest BCUT2D eigenvalue weighted by atomic mass is 32.1. The van der Waals surface area contributed by atoms with E-state index in [4.69, 9.17) is 0 Å². The lowest BCUT2D eigenvalue weighted by Gasteiger charge is -1.95. The lowest BCUT2D eigenvalue weighted by Crippen LogP contribution is -1.93. The number of nitrogens with one attached hydrogen (secondary N) is 1. The summed E-state index contributed by atoms with van der Waals surface area (Å²) in [6, 6.07) is 3.96. The average molecular weight is 271 g/mol. The van der Waals surface area contributed by atoms with Crippen LogP contribution in [0.5, 0.6) is 0 Å². The van der Waals surface area contributed by atoms with Gasteiger partial charge >= 0.3 is 0 Å². The monoisotopic (exact) mass is 271 g/mol. The van der Waals surface area contributed by atoms with Crippen LogP contribution in [0.3, 0.4) is 0 Å². The lowest BCUT2D eigenvalue weighted by molar-refractivity contribution is 0.942. The molecule has 1 N–H and O–H groups in total. The summed E-state index contributed by atoms with van der Waals surface area (Å²) < 4.78 is 0. The third-order valence-corrected chi connectivity index (χ3v) is 3.54. The summed E-state index contributed by atoms with van der Waals surface area (Å²) in [7, 11) is 0. The molecule has 19 heavy (non-hydrogen) atoms. The Morgan fingerprint density at radius 3 is 2.53 bits per heavy atom. The molecule has 3 aromatic rings. The smallest absolute Gasteiger partial charge is 0.136 e. The van der Waals surface area contributed by atoms with Crippen molar-refractivity contribution in [1.82, 2.24) is 25.1 Å². The highest BCUT2D eigenvalue weighted by Gasteiger charge is 2.06. The zero-order valence-electron chi connectivity index (χ0n) is 10.5. The maximum absolute atomic E-state index is 4.42. The minimum atomic E-state index is 0.702. The predicted octanol–water partition coefficient (Wildman–Crippen LogP) is 2.15. The predicted molar refractivity (Wildman–Crippen MR) is 73.1 cm³/mol. The van der Waals surface area contributed by atoms with Crippen LogP contribution in [-0.2, 0) is 12.8 Å². The van der Waals surface area contributed by atoms with Gasteiger partial charge in [0.2, 0.25) is 0 Å². The zero-order chi connectivity index (χ0) is 13.1. The lowest BCUT2D eigenvalue weighted by atomic mass is 10.2. The van der Waals surface area contributed by atoms with Crippen molar-refractivity contribution >= 4 is 11.3 Å². The third-order valence-electron chi connectivity index (χ3n) is 2.72. The van der Waals surface area contributed by atoms with Gasteiger partial charge in [-0.3, -0.25) is 4.98 Å². The molecule has 0 amide bonds. The molecule has 0 aromatic carbocycles. The van der Waals surface area contributed by atoms with E-state index in [1.165, 1.54) is 5.56 Å². The van der Waals surface area contributed by atoms with E-state index in [1.54, 1.807) is 23.7 Å². The van der Waals surface area contributed by atoms with Crippen molar-refractivity contribution < 1.29 is 0 Å². The molecule has 0 fully saturated rings. The summed E-state index contributed by atoms with van der Waals surface area (Å²) in [4.78, 5) is 11.7. The number of aromatic amines is 1. The van der Waals surface area contributed by atoms with E-state index in [1.807, 2.05) is 19.1 Å². The van der Waals surface area contributed by atoms with Gasteiger partial charge in [-0.25, -0.2) is 4.98 Å². The summed E-state index contributed by atoms with van der Waals surface area (Å²) in [5.74, 6) is 1.72. The first-order chi connectivity index (χ1) is 9.29. The van der Waals surface area contributed by atoms with E-state index in [0.717, 1.165) is 28.8 Å². The van der Waals surface area contributed by atoms with Crippen LogP contribution in [0.1, 0.15) is 27.9 Å². The molecule has 0 bridgehead atoms. The Morgan fingerprint density at radius 2 is 1.84 bits per heavy atom. The Hall–Kier alpha value is -2.08. The normalized spacial score (nSPS) is 10.8. The Balaban J connectivity index is 1.69. The second kappa shape index (κ2) is 5.27. The molecule has 0 saturated heterocycles. The molecular formula is C13H13N5S. The van der Waals surface area contributed by atoms with E-state index < -0.39 is 0 Å². The maximum atomic E-state index is 4.42. The van der Waals surface area contributed by atoms with Crippen molar-refractivity contribution in [3.8, 4) is 0 Å². The maximum Gasteiger partial charge on any atom is 0.136 e. The molecular weight excluding hydrogens is 258 g/mol. The van der Waals surface area contributed by atoms with Crippen LogP contribution in [0.4, 0.5) is 0 Å². The standard InChI is InChI=1S/C13H13N5S/c1-9-15-11(8-19-9)7-13-16-12(17-18-13)6-10-2-4-14-5-3-10/h2-5,8H,6-7H2,1H3,(H,16,17,18). The molecule has 0 aliphatic rings. The van der Waals surface area contributed by atoms with Crippen molar-refractivity contribution in [3.63, 3.8) is 0 Å². The van der Waals surface area contributed by atoms with Crippen LogP contribution in [0.2, 0.25) is 0 Å². The molecule has 5 nitrogen and oxygen atoms in total. The number of hydrogen-bond donors (Lipinski definition) is 1. The van der Waals surface area contributed by atoms with E-state index >= 15 is 0 Å². The van der Waals surface area contributed by atoms with Crippen LogP contribution in [0.25, 0.3) is 0 Å². The number of H-pyrrole nitrogens is 1. The summed E-state index contributed by atoms with van der Waals surface area (Å²) in [6.07, 6.45) is 5.01. The molecule has 6 heteroatoms. The Morgan fingerprint density at radius 1 is 1.11 bits per heavy atom. The summed E-state index contributed by atoms with van der Waals surface area (Å²) >= 11 is 1.65. The topological polar surface area (TPSA) is 67.3 Å². The van der Waals surface area contributed by atoms with Gasteiger partial charge in [-0.1, -0.05) is 0 Å². The minimum Gasteiger partial charge on any atom is -0.328 e. The number of rotatable bonds is 4. The number of hydrogen-bond acceptors (Lipinski definition) is 5. The van der Waals surface area contributed by atoms with Crippen molar-refractivity contribution in [2.45, 2.75) is 19.8 Å². The Kier molecular flexibility index (Phi) is 3.33. The quantitative estimate of drug-likeness (QED) is 0.789. The summed E-state index contributed by atoms with van der Waals surface area (Å²) in [6.45, 7) is 2.00. The molecule has 0 saturated carbocycles.